The van der Waals surface area contributed by atoms with Crippen LogP contribution in [0.4, 0.5) is 10.6 Å². The van der Waals surface area contributed by atoms with Gasteiger partial charge in [0, 0.05) is 38.4 Å². The number of fused-ring (bicyclic) bond motifs is 1. The second-order valence-corrected chi connectivity index (χ2v) is 9.90. The van der Waals surface area contributed by atoms with Crippen LogP contribution in [0.25, 0.3) is 0 Å². The first-order valence-electron chi connectivity index (χ1n) is 11.3. The quantitative estimate of drug-likeness (QED) is 0.823. The first-order chi connectivity index (χ1) is 14.3. The van der Waals surface area contributed by atoms with E-state index in [2.05, 4.69) is 17.4 Å². The van der Waals surface area contributed by atoms with Gasteiger partial charge >= 0.3 is 6.09 Å². The monoisotopic (exact) mass is 414 g/mol. The zero-order valence-corrected chi connectivity index (χ0v) is 18.4. The van der Waals surface area contributed by atoms with Crippen molar-refractivity contribution in [2.75, 3.05) is 38.0 Å². The Morgan fingerprint density at radius 3 is 2.60 bits per heavy atom. The second kappa shape index (κ2) is 8.44. The van der Waals surface area contributed by atoms with Gasteiger partial charge in [0.15, 0.2) is 0 Å². The number of carbonyl (C=O) groups is 2. The molecule has 30 heavy (non-hydrogen) atoms. The first kappa shape index (κ1) is 20.9. The lowest BCUT2D eigenvalue weighted by molar-refractivity contribution is -0.141. The number of anilines is 1. The number of nitrogens with zero attached hydrogens (tertiary/aromatic N) is 3. The maximum Gasteiger partial charge on any atom is 0.410 e. The summed E-state index contributed by atoms with van der Waals surface area (Å²) in [6.07, 6.45) is 4.98. The topological polar surface area (TPSA) is 74.8 Å². The van der Waals surface area contributed by atoms with Gasteiger partial charge in [-0.1, -0.05) is 6.07 Å². The van der Waals surface area contributed by atoms with E-state index in [4.69, 9.17) is 9.72 Å². The molecule has 2 saturated heterocycles. The summed E-state index contributed by atoms with van der Waals surface area (Å²) in [5, 5.41) is 3.41. The van der Waals surface area contributed by atoms with E-state index in [-0.39, 0.29) is 17.9 Å². The van der Waals surface area contributed by atoms with E-state index < -0.39 is 5.60 Å². The van der Waals surface area contributed by atoms with Crippen molar-refractivity contribution in [1.29, 1.82) is 0 Å². The molecule has 0 saturated carbocycles. The molecule has 4 rings (SSSR count). The van der Waals surface area contributed by atoms with Crippen LogP contribution in [-0.2, 0) is 22.4 Å². The van der Waals surface area contributed by atoms with Gasteiger partial charge in [0.05, 0.1) is 5.92 Å². The highest BCUT2D eigenvalue weighted by Gasteiger charge is 2.40. The smallest absolute Gasteiger partial charge is 0.410 e. The molecule has 2 amide bonds. The molecule has 0 aromatic carbocycles. The van der Waals surface area contributed by atoms with Gasteiger partial charge in [0.25, 0.3) is 0 Å². The predicted octanol–water partition coefficient (Wildman–Crippen LogP) is 3.09. The van der Waals surface area contributed by atoms with E-state index in [0.29, 0.717) is 19.0 Å². The van der Waals surface area contributed by atoms with Gasteiger partial charge in [-0.3, -0.25) is 4.79 Å². The Morgan fingerprint density at radius 1 is 1.17 bits per heavy atom. The summed E-state index contributed by atoms with van der Waals surface area (Å²) in [4.78, 5) is 33.3. The summed E-state index contributed by atoms with van der Waals surface area (Å²) < 4.78 is 5.37. The van der Waals surface area contributed by atoms with Crippen LogP contribution in [-0.4, -0.2) is 65.1 Å². The second-order valence-electron chi connectivity index (χ2n) is 9.90. The lowest BCUT2D eigenvalue weighted by Crippen LogP contribution is -2.58. The highest BCUT2D eigenvalue weighted by atomic mass is 16.6. The minimum Gasteiger partial charge on any atom is -0.444 e. The van der Waals surface area contributed by atoms with Crippen LogP contribution in [0.3, 0.4) is 0 Å². The Kier molecular flexibility index (Phi) is 5.89. The lowest BCUT2D eigenvalue weighted by atomic mass is 9.90. The molecule has 1 N–H and O–H groups in total. The van der Waals surface area contributed by atoms with Crippen molar-refractivity contribution < 1.29 is 14.3 Å². The van der Waals surface area contributed by atoms with Crippen molar-refractivity contribution in [1.82, 2.24) is 14.8 Å². The third-order valence-corrected chi connectivity index (χ3v) is 6.26. The predicted molar refractivity (Wildman–Crippen MR) is 115 cm³/mol. The zero-order chi connectivity index (χ0) is 21.3. The standard InChI is InChI=1S/C23H34N4O3/c1-23(2,3)30-22(29)27-14-18(15-27)21(28)26-11-8-16(9-12-26)13-19-7-6-17-5-4-10-24-20(17)25-19/h6-7,16,18H,4-5,8-15H2,1-3H3,(H,24,25). The summed E-state index contributed by atoms with van der Waals surface area (Å²) in [6, 6.07) is 4.39. The number of nitrogens with one attached hydrogen (secondary N) is 1. The third-order valence-electron chi connectivity index (χ3n) is 6.26. The van der Waals surface area contributed by atoms with Gasteiger partial charge in [-0.15, -0.1) is 0 Å². The van der Waals surface area contributed by atoms with Crippen LogP contribution in [0.15, 0.2) is 12.1 Å². The molecule has 4 heterocycles. The van der Waals surface area contributed by atoms with Crippen LogP contribution in [0.1, 0.15) is 51.3 Å². The van der Waals surface area contributed by atoms with Crippen LogP contribution in [0.5, 0.6) is 0 Å². The molecule has 164 valence electrons. The fourth-order valence-electron chi connectivity index (χ4n) is 4.50. The van der Waals surface area contributed by atoms with Crippen molar-refractivity contribution in [2.45, 2.75) is 58.5 Å². The molecule has 7 nitrogen and oxygen atoms in total. The molecule has 7 heteroatoms. The van der Waals surface area contributed by atoms with Crippen LogP contribution < -0.4 is 5.32 Å². The van der Waals surface area contributed by atoms with Crippen LogP contribution in [0.2, 0.25) is 0 Å². The maximum absolute atomic E-state index is 12.8. The maximum atomic E-state index is 12.8. The number of hydrogen-bond donors (Lipinski definition) is 1. The molecule has 0 aliphatic carbocycles. The third kappa shape index (κ3) is 4.87. The molecule has 2 fully saturated rings. The van der Waals surface area contributed by atoms with Gasteiger partial charge in [-0.25, -0.2) is 9.78 Å². The lowest BCUT2D eigenvalue weighted by Gasteiger charge is -2.42. The van der Waals surface area contributed by atoms with E-state index in [1.54, 1.807) is 4.90 Å². The molecule has 3 aliphatic heterocycles. The average molecular weight is 415 g/mol. The summed E-state index contributed by atoms with van der Waals surface area (Å²) in [6.45, 7) is 9.12. The summed E-state index contributed by atoms with van der Waals surface area (Å²) in [5.74, 6) is 1.74. The summed E-state index contributed by atoms with van der Waals surface area (Å²) in [5.41, 5.74) is 1.98. The SMILES string of the molecule is CC(C)(C)OC(=O)N1CC(C(=O)N2CCC(Cc3ccc4c(n3)NCCC4)CC2)C1. The van der Waals surface area contributed by atoms with E-state index in [9.17, 15) is 9.59 Å². The van der Waals surface area contributed by atoms with Gasteiger partial charge in [-0.05, 0) is 70.4 Å². The Balaban J connectivity index is 1.21. The van der Waals surface area contributed by atoms with Crippen LogP contribution >= 0.6 is 0 Å². The Morgan fingerprint density at radius 2 is 1.90 bits per heavy atom. The Hall–Kier alpha value is -2.31. The van der Waals surface area contributed by atoms with E-state index >= 15 is 0 Å². The normalized spacial score (nSPS) is 20.2. The summed E-state index contributed by atoms with van der Waals surface area (Å²) in [7, 11) is 0. The molecule has 0 bridgehead atoms. The molecule has 0 atom stereocenters. The molecule has 3 aliphatic rings. The van der Waals surface area contributed by atoms with Gasteiger partial charge < -0.3 is 19.9 Å². The number of piperidine rings is 1. The van der Waals surface area contributed by atoms with E-state index in [1.807, 2.05) is 25.7 Å². The van der Waals surface area contributed by atoms with Crippen molar-refractivity contribution in [3.8, 4) is 0 Å². The van der Waals surface area contributed by atoms with Gasteiger partial charge in [-0.2, -0.15) is 0 Å². The zero-order valence-electron chi connectivity index (χ0n) is 18.4. The van der Waals surface area contributed by atoms with Gasteiger partial charge in [0.2, 0.25) is 5.91 Å². The molecule has 1 aromatic rings. The number of ether oxygens (including phenoxy) is 1. The molecular weight excluding hydrogens is 380 g/mol. The number of hydrogen-bond acceptors (Lipinski definition) is 5. The number of likely N-dealkylation sites (tertiary alicyclic amines) is 2. The van der Waals surface area contributed by atoms with Crippen molar-refractivity contribution in [3.05, 3.63) is 23.4 Å². The molecule has 0 radical (unpaired) electrons. The number of aromatic nitrogens is 1. The minimum absolute atomic E-state index is 0.0811. The fraction of sp³-hybridized carbons (Fsp3) is 0.696. The highest BCUT2D eigenvalue weighted by molar-refractivity contribution is 5.82. The number of pyridine rings is 1. The molecule has 0 spiro atoms. The first-order valence-corrected chi connectivity index (χ1v) is 11.3. The minimum atomic E-state index is -0.503. The number of rotatable bonds is 3. The number of aryl methyl sites for hydroxylation is 1. The van der Waals surface area contributed by atoms with Gasteiger partial charge in [0.1, 0.15) is 11.4 Å². The molecule has 1 aromatic heterocycles. The molecular formula is C23H34N4O3. The number of amides is 2. The Bertz CT molecular complexity index is 790. The van der Waals surface area contributed by atoms with E-state index in [0.717, 1.165) is 56.8 Å². The largest absolute Gasteiger partial charge is 0.444 e. The van der Waals surface area contributed by atoms with Crippen molar-refractivity contribution in [3.63, 3.8) is 0 Å². The van der Waals surface area contributed by atoms with E-state index in [1.165, 1.54) is 12.0 Å². The van der Waals surface area contributed by atoms with Crippen LogP contribution in [0, 0.1) is 11.8 Å². The average Bonchev–Trinajstić information content (AvgIpc) is 2.66. The Labute approximate surface area is 179 Å². The molecule has 0 unspecified atom stereocenters. The van der Waals surface area contributed by atoms with Crippen molar-refractivity contribution in [2.24, 2.45) is 11.8 Å². The fourth-order valence-corrected chi connectivity index (χ4v) is 4.50. The summed E-state index contributed by atoms with van der Waals surface area (Å²) >= 11 is 0. The van der Waals surface area contributed by atoms with Crippen molar-refractivity contribution >= 4 is 17.8 Å². The highest BCUT2D eigenvalue weighted by Crippen LogP contribution is 2.27. The number of carbonyl (C=O) groups excluding carboxylic acids is 2.